The molecule has 1 fully saturated rings. The molecule has 1 N–H and O–H groups in total. The Hall–Kier alpha value is -2.11. The summed E-state index contributed by atoms with van der Waals surface area (Å²) in [5.74, 6) is 0.629. The quantitative estimate of drug-likeness (QED) is 0.796. The number of halogens is 1. The van der Waals surface area contributed by atoms with Gasteiger partial charge < -0.3 is 9.84 Å². The average Bonchev–Trinajstić information content (AvgIpc) is 2.67. The van der Waals surface area contributed by atoms with Crippen LogP contribution in [0, 0.1) is 5.82 Å². The minimum Gasteiger partial charge on any atom is -0.504 e. The summed E-state index contributed by atoms with van der Waals surface area (Å²) in [5, 5.41) is 10.4. The van der Waals surface area contributed by atoms with Gasteiger partial charge in [-0.1, -0.05) is 30.3 Å². The molecule has 4 nitrogen and oxygen atoms in total. The Kier molecular flexibility index (Phi) is 6.69. The van der Waals surface area contributed by atoms with Gasteiger partial charge in [-0.05, 0) is 45.5 Å². The summed E-state index contributed by atoms with van der Waals surface area (Å²) < 4.78 is 19.4. The van der Waals surface area contributed by atoms with E-state index in [0.717, 1.165) is 37.1 Å². The van der Waals surface area contributed by atoms with E-state index in [9.17, 15) is 9.50 Å². The van der Waals surface area contributed by atoms with Gasteiger partial charge in [0.15, 0.2) is 11.5 Å². The summed E-state index contributed by atoms with van der Waals surface area (Å²) in [6.07, 6.45) is 2.20. The van der Waals surface area contributed by atoms with Crippen molar-refractivity contribution in [2.24, 2.45) is 0 Å². The summed E-state index contributed by atoms with van der Waals surface area (Å²) in [4.78, 5) is 4.60. The molecular weight excluding hydrogens is 343 g/mol. The van der Waals surface area contributed by atoms with Gasteiger partial charge in [0.1, 0.15) is 5.82 Å². The second-order valence-electron chi connectivity index (χ2n) is 7.23. The van der Waals surface area contributed by atoms with Crippen LogP contribution in [0.4, 0.5) is 4.39 Å². The van der Waals surface area contributed by atoms with Gasteiger partial charge in [-0.15, -0.1) is 0 Å². The van der Waals surface area contributed by atoms with E-state index in [1.54, 1.807) is 12.1 Å². The number of rotatable bonds is 7. The van der Waals surface area contributed by atoms with Crippen molar-refractivity contribution >= 4 is 0 Å². The molecular formula is C22H29FN2O2. The van der Waals surface area contributed by atoms with Crippen LogP contribution in [0.25, 0.3) is 0 Å². The summed E-state index contributed by atoms with van der Waals surface area (Å²) in [7, 11) is 2.09. The van der Waals surface area contributed by atoms with Crippen LogP contribution in [-0.4, -0.2) is 47.7 Å². The Morgan fingerprint density at radius 3 is 2.74 bits per heavy atom. The molecule has 1 heterocycles. The van der Waals surface area contributed by atoms with E-state index in [2.05, 4.69) is 16.8 Å². The van der Waals surface area contributed by atoms with Gasteiger partial charge in [-0.2, -0.15) is 0 Å². The summed E-state index contributed by atoms with van der Waals surface area (Å²) in [6, 6.07) is 13.0. The fourth-order valence-corrected chi connectivity index (χ4v) is 3.77. The second kappa shape index (κ2) is 9.20. The number of aromatic hydroxyl groups is 1. The lowest BCUT2D eigenvalue weighted by Gasteiger charge is -2.38. The van der Waals surface area contributed by atoms with Gasteiger partial charge >= 0.3 is 0 Å². The van der Waals surface area contributed by atoms with Crippen LogP contribution in [0.1, 0.15) is 30.9 Å². The Morgan fingerprint density at radius 2 is 1.96 bits per heavy atom. The third kappa shape index (κ3) is 4.99. The number of hydrogen-bond donors (Lipinski definition) is 1. The number of nitrogens with zero attached hydrogens (tertiary/aromatic N) is 2. The van der Waals surface area contributed by atoms with Gasteiger partial charge in [0.2, 0.25) is 0 Å². The topological polar surface area (TPSA) is 35.9 Å². The molecule has 2 aromatic rings. The minimum absolute atomic E-state index is 0.134. The number of phenolic OH excluding ortho intramolecular Hbond substituents is 1. The molecule has 3 rings (SSSR count). The maximum atomic E-state index is 14.0. The van der Waals surface area contributed by atoms with Crippen molar-refractivity contribution in [2.75, 3.05) is 26.7 Å². The van der Waals surface area contributed by atoms with Crippen molar-refractivity contribution in [1.29, 1.82) is 0 Å². The third-order valence-corrected chi connectivity index (χ3v) is 5.26. The van der Waals surface area contributed by atoms with E-state index >= 15 is 0 Å². The van der Waals surface area contributed by atoms with E-state index in [-0.39, 0.29) is 11.6 Å². The zero-order chi connectivity index (χ0) is 19.2. The van der Waals surface area contributed by atoms with Crippen molar-refractivity contribution in [3.05, 3.63) is 59.4 Å². The van der Waals surface area contributed by atoms with Crippen molar-refractivity contribution in [3.8, 4) is 11.5 Å². The first-order valence-electron chi connectivity index (χ1n) is 9.68. The maximum Gasteiger partial charge on any atom is 0.162 e. The normalized spacial score (nSPS) is 18.0. The van der Waals surface area contributed by atoms with E-state index in [4.69, 9.17) is 4.74 Å². The van der Waals surface area contributed by atoms with Gasteiger partial charge in [-0.25, -0.2) is 4.39 Å². The monoisotopic (exact) mass is 372 g/mol. The predicted molar refractivity (Wildman–Crippen MR) is 105 cm³/mol. The predicted octanol–water partition coefficient (Wildman–Crippen LogP) is 4.03. The van der Waals surface area contributed by atoms with E-state index < -0.39 is 0 Å². The van der Waals surface area contributed by atoms with E-state index in [1.165, 1.54) is 6.07 Å². The van der Waals surface area contributed by atoms with Crippen LogP contribution in [0.3, 0.4) is 0 Å². The zero-order valence-corrected chi connectivity index (χ0v) is 16.2. The molecule has 0 spiro atoms. The molecule has 5 heteroatoms. The summed E-state index contributed by atoms with van der Waals surface area (Å²) >= 11 is 0. The molecule has 0 amide bonds. The molecule has 1 aliphatic heterocycles. The number of piperidine rings is 1. The zero-order valence-electron chi connectivity index (χ0n) is 16.2. The molecule has 0 bridgehead atoms. The van der Waals surface area contributed by atoms with Crippen molar-refractivity contribution in [3.63, 3.8) is 0 Å². The molecule has 0 unspecified atom stereocenters. The molecule has 2 aromatic carbocycles. The van der Waals surface area contributed by atoms with Gasteiger partial charge in [-0.3, -0.25) is 9.80 Å². The molecule has 0 radical (unpaired) electrons. The third-order valence-electron chi connectivity index (χ3n) is 5.26. The number of phenols is 1. The standard InChI is InChI=1S/C22H29FN2O2/c1-3-27-21-12-6-9-18(22(21)26)14-24(2)19-10-7-13-25(16-19)15-17-8-4-5-11-20(17)23/h4-6,8-9,11-12,19,26H,3,7,10,13-16H2,1-2H3/t19-/m1/s1. The molecule has 1 aliphatic rings. The van der Waals surface area contributed by atoms with Crippen LogP contribution < -0.4 is 4.74 Å². The molecule has 0 aliphatic carbocycles. The molecule has 1 saturated heterocycles. The number of likely N-dealkylation sites (N-methyl/N-ethyl adjacent to an activating group) is 1. The lowest BCUT2D eigenvalue weighted by molar-refractivity contribution is 0.106. The Labute approximate surface area is 161 Å². The minimum atomic E-state index is -0.134. The van der Waals surface area contributed by atoms with E-state index in [1.807, 2.05) is 31.2 Å². The van der Waals surface area contributed by atoms with Gasteiger partial charge in [0, 0.05) is 36.8 Å². The number of ether oxygens (including phenoxy) is 1. The summed E-state index contributed by atoms with van der Waals surface area (Å²) in [5.41, 5.74) is 1.62. The molecule has 146 valence electrons. The number of para-hydroxylation sites is 1. The fraction of sp³-hybridized carbons (Fsp3) is 0.455. The second-order valence-corrected chi connectivity index (χ2v) is 7.23. The summed E-state index contributed by atoms with van der Waals surface area (Å²) in [6.45, 7) is 5.62. The average molecular weight is 372 g/mol. The largest absolute Gasteiger partial charge is 0.504 e. The van der Waals surface area contributed by atoms with Crippen LogP contribution >= 0.6 is 0 Å². The van der Waals surface area contributed by atoms with Gasteiger partial charge in [0.05, 0.1) is 6.61 Å². The van der Waals surface area contributed by atoms with Crippen LogP contribution in [-0.2, 0) is 13.1 Å². The van der Waals surface area contributed by atoms with Crippen LogP contribution in [0.15, 0.2) is 42.5 Å². The highest BCUT2D eigenvalue weighted by molar-refractivity contribution is 5.45. The van der Waals surface area contributed by atoms with E-state index in [0.29, 0.717) is 31.5 Å². The molecule has 0 saturated carbocycles. The number of benzene rings is 2. The highest BCUT2D eigenvalue weighted by atomic mass is 19.1. The Balaban J connectivity index is 1.62. The first-order chi connectivity index (χ1) is 13.1. The number of hydrogen-bond acceptors (Lipinski definition) is 4. The molecule has 27 heavy (non-hydrogen) atoms. The first kappa shape index (κ1) is 19.6. The molecule has 0 aromatic heterocycles. The highest BCUT2D eigenvalue weighted by Gasteiger charge is 2.24. The van der Waals surface area contributed by atoms with Crippen molar-refractivity contribution < 1.29 is 14.2 Å². The Bertz CT molecular complexity index is 753. The van der Waals surface area contributed by atoms with Crippen molar-refractivity contribution in [1.82, 2.24) is 9.80 Å². The highest BCUT2D eigenvalue weighted by Crippen LogP contribution is 2.31. The van der Waals surface area contributed by atoms with Gasteiger partial charge in [0.25, 0.3) is 0 Å². The Morgan fingerprint density at radius 1 is 1.19 bits per heavy atom. The maximum absolute atomic E-state index is 14.0. The van der Waals surface area contributed by atoms with Crippen LogP contribution in [0.5, 0.6) is 11.5 Å². The lowest BCUT2D eigenvalue weighted by Crippen LogP contribution is -2.45. The lowest BCUT2D eigenvalue weighted by atomic mass is 10.0. The van der Waals surface area contributed by atoms with Crippen LogP contribution in [0.2, 0.25) is 0 Å². The smallest absolute Gasteiger partial charge is 0.162 e. The first-order valence-corrected chi connectivity index (χ1v) is 9.68. The molecule has 1 atom stereocenters. The number of likely N-dealkylation sites (tertiary alicyclic amines) is 1. The SMILES string of the molecule is CCOc1cccc(CN(C)[C@@H]2CCCN(Cc3ccccc3F)C2)c1O. The fourth-order valence-electron chi connectivity index (χ4n) is 3.77. The van der Waals surface area contributed by atoms with Crippen molar-refractivity contribution in [2.45, 2.75) is 38.9 Å².